The molecule has 0 heterocycles. The summed E-state index contributed by atoms with van der Waals surface area (Å²) in [5.74, 6) is 1.85. The molecule has 98 valence electrons. The molecule has 0 radical (unpaired) electrons. The molecule has 1 amide bonds. The summed E-state index contributed by atoms with van der Waals surface area (Å²) in [5, 5.41) is 0. The van der Waals surface area contributed by atoms with Crippen molar-refractivity contribution in [3.8, 4) is 0 Å². The van der Waals surface area contributed by atoms with Gasteiger partial charge >= 0.3 is 0 Å². The van der Waals surface area contributed by atoms with Gasteiger partial charge in [-0.15, -0.1) is 0 Å². The van der Waals surface area contributed by atoms with Gasteiger partial charge in [0.1, 0.15) is 0 Å². The monoisotopic (exact) mass is 238 g/mol. The summed E-state index contributed by atoms with van der Waals surface area (Å²) in [5.41, 5.74) is 5.67. The number of nitrogens with zero attached hydrogens (tertiary/aromatic N) is 1. The van der Waals surface area contributed by atoms with Gasteiger partial charge in [0.05, 0.1) is 5.41 Å². The Bertz CT molecular complexity index is 284. The first-order valence-electron chi connectivity index (χ1n) is 7.05. The van der Waals surface area contributed by atoms with Crippen molar-refractivity contribution < 1.29 is 4.79 Å². The van der Waals surface area contributed by atoms with Crippen LogP contribution in [0, 0.1) is 17.3 Å². The number of hydrogen-bond donors (Lipinski definition) is 1. The van der Waals surface area contributed by atoms with Crippen molar-refractivity contribution in [1.82, 2.24) is 4.90 Å². The molecule has 0 spiro atoms. The van der Waals surface area contributed by atoms with E-state index in [1.54, 1.807) is 0 Å². The van der Waals surface area contributed by atoms with Gasteiger partial charge in [0.25, 0.3) is 0 Å². The van der Waals surface area contributed by atoms with Gasteiger partial charge in [0, 0.05) is 20.1 Å². The van der Waals surface area contributed by atoms with E-state index in [9.17, 15) is 4.79 Å². The Hall–Kier alpha value is -0.570. The molecule has 2 fully saturated rings. The quantitative estimate of drug-likeness (QED) is 0.814. The Kier molecular flexibility index (Phi) is 3.76. The van der Waals surface area contributed by atoms with Crippen molar-refractivity contribution >= 4 is 5.91 Å². The molecular weight excluding hydrogens is 212 g/mol. The Labute approximate surface area is 105 Å². The predicted octanol–water partition coefficient (Wildman–Crippen LogP) is 2.01. The first kappa shape index (κ1) is 12.9. The molecule has 3 heteroatoms. The van der Waals surface area contributed by atoms with Crippen LogP contribution in [-0.2, 0) is 4.79 Å². The van der Waals surface area contributed by atoms with Crippen molar-refractivity contribution in [2.75, 3.05) is 20.1 Å². The maximum absolute atomic E-state index is 12.6. The largest absolute Gasteiger partial charge is 0.345 e. The molecular formula is C14H26N2O. The van der Waals surface area contributed by atoms with E-state index in [4.69, 9.17) is 5.73 Å². The van der Waals surface area contributed by atoms with Crippen molar-refractivity contribution in [2.45, 2.75) is 45.4 Å². The molecule has 0 aliphatic heterocycles. The molecule has 2 saturated carbocycles. The van der Waals surface area contributed by atoms with Gasteiger partial charge in [-0.05, 0) is 31.1 Å². The standard InChI is InChI=1S/C14H26N2O/c1-11-8-12(11)9-16(2)13(17)14(10-15)6-4-3-5-7-14/h11-12H,3-10,15H2,1-2H3. The number of hydrogen-bond acceptors (Lipinski definition) is 2. The molecule has 2 rings (SSSR count). The van der Waals surface area contributed by atoms with Gasteiger partial charge in [-0.25, -0.2) is 0 Å². The molecule has 2 N–H and O–H groups in total. The van der Waals surface area contributed by atoms with E-state index in [1.165, 1.54) is 12.8 Å². The zero-order valence-electron chi connectivity index (χ0n) is 11.2. The summed E-state index contributed by atoms with van der Waals surface area (Å²) in [4.78, 5) is 14.5. The SMILES string of the molecule is CC1CC1CN(C)C(=O)C1(CN)CCCCC1. The van der Waals surface area contributed by atoms with Crippen LogP contribution in [0.5, 0.6) is 0 Å². The molecule has 0 saturated heterocycles. The number of carbonyl (C=O) groups is 1. The molecule has 2 aliphatic rings. The summed E-state index contributed by atoms with van der Waals surface area (Å²) >= 11 is 0. The fraction of sp³-hybridized carbons (Fsp3) is 0.929. The highest BCUT2D eigenvalue weighted by Gasteiger charge is 2.42. The maximum atomic E-state index is 12.6. The van der Waals surface area contributed by atoms with Gasteiger partial charge in [-0.3, -0.25) is 4.79 Å². The molecule has 2 atom stereocenters. The normalized spacial score (nSPS) is 31.0. The topological polar surface area (TPSA) is 46.3 Å². The van der Waals surface area contributed by atoms with Gasteiger partial charge in [-0.1, -0.05) is 26.2 Å². The number of amides is 1. The zero-order chi connectivity index (χ0) is 12.5. The van der Waals surface area contributed by atoms with Crippen LogP contribution in [0.2, 0.25) is 0 Å². The van der Waals surface area contributed by atoms with E-state index in [-0.39, 0.29) is 5.41 Å². The summed E-state index contributed by atoms with van der Waals surface area (Å²) in [6, 6.07) is 0. The second-order valence-electron chi connectivity index (χ2n) is 6.20. The van der Waals surface area contributed by atoms with Crippen LogP contribution < -0.4 is 5.73 Å². The zero-order valence-corrected chi connectivity index (χ0v) is 11.2. The van der Waals surface area contributed by atoms with E-state index in [0.29, 0.717) is 12.5 Å². The molecule has 3 nitrogen and oxygen atoms in total. The second-order valence-corrected chi connectivity index (χ2v) is 6.20. The molecule has 0 aromatic heterocycles. The van der Waals surface area contributed by atoms with E-state index in [2.05, 4.69) is 6.92 Å². The van der Waals surface area contributed by atoms with Crippen LogP contribution in [0.3, 0.4) is 0 Å². The van der Waals surface area contributed by atoms with Crippen LogP contribution in [0.1, 0.15) is 45.4 Å². The number of nitrogens with two attached hydrogens (primary N) is 1. The van der Waals surface area contributed by atoms with Crippen LogP contribution in [0.4, 0.5) is 0 Å². The first-order valence-corrected chi connectivity index (χ1v) is 7.05. The van der Waals surface area contributed by atoms with Crippen LogP contribution in [-0.4, -0.2) is 30.9 Å². The Morgan fingerprint density at radius 3 is 2.41 bits per heavy atom. The lowest BCUT2D eigenvalue weighted by molar-refractivity contribution is -0.142. The van der Waals surface area contributed by atoms with Crippen LogP contribution in [0.15, 0.2) is 0 Å². The third kappa shape index (κ3) is 2.65. The average Bonchev–Trinajstić information content (AvgIpc) is 3.04. The highest BCUT2D eigenvalue weighted by Crippen LogP contribution is 2.40. The fourth-order valence-corrected chi connectivity index (χ4v) is 3.23. The highest BCUT2D eigenvalue weighted by molar-refractivity contribution is 5.83. The Morgan fingerprint density at radius 2 is 1.94 bits per heavy atom. The van der Waals surface area contributed by atoms with Crippen molar-refractivity contribution in [3.63, 3.8) is 0 Å². The minimum atomic E-state index is -0.231. The third-order valence-electron chi connectivity index (χ3n) is 4.79. The van der Waals surface area contributed by atoms with Gasteiger partial charge < -0.3 is 10.6 Å². The van der Waals surface area contributed by atoms with Crippen LogP contribution >= 0.6 is 0 Å². The van der Waals surface area contributed by atoms with Crippen LogP contribution in [0.25, 0.3) is 0 Å². The third-order valence-corrected chi connectivity index (χ3v) is 4.79. The van der Waals surface area contributed by atoms with Gasteiger partial charge in [0.2, 0.25) is 5.91 Å². The first-order chi connectivity index (χ1) is 8.09. The highest BCUT2D eigenvalue weighted by atomic mass is 16.2. The summed E-state index contributed by atoms with van der Waals surface area (Å²) in [6.45, 7) is 3.72. The number of carbonyl (C=O) groups excluding carboxylic acids is 1. The van der Waals surface area contributed by atoms with E-state index < -0.39 is 0 Å². The minimum Gasteiger partial charge on any atom is -0.345 e. The van der Waals surface area contributed by atoms with Gasteiger partial charge in [0.15, 0.2) is 0 Å². The van der Waals surface area contributed by atoms with Crippen molar-refractivity contribution in [2.24, 2.45) is 23.0 Å². The molecule has 2 unspecified atom stereocenters. The molecule has 2 aliphatic carbocycles. The average molecular weight is 238 g/mol. The molecule has 0 bridgehead atoms. The summed E-state index contributed by atoms with van der Waals surface area (Å²) in [7, 11) is 1.96. The van der Waals surface area contributed by atoms with E-state index >= 15 is 0 Å². The number of rotatable bonds is 4. The lowest BCUT2D eigenvalue weighted by atomic mass is 9.73. The fourth-order valence-electron chi connectivity index (χ4n) is 3.23. The second kappa shape index (κ2) is 4.97. The summed E-state index contributed by atoms with van der Waals surface area (Å²) in [6.07, 6.45) is 6.86. The molecule has 0 aromatic rings. The Morgan fingerprint density at radius 1 is 1.35 bits per heavy atom. The Balaban J connectivity index is 1.95. The summed E-state index contributed by atoms with van der Waals surface area (Å²) < 4.78 is 0. The van der Waals surface area contributed by atoms with Gasteiger partial charge in [-0.2, -0.15) is 0 Å². The molecule has 17 heavy (non-hydrogen) atoms. The van der Waals surface area contributed by atoms with Crippen molar-refractivity contribution in [1.29, 1.82) is 0 Å². The lowest BCUT2D eigenvalue weighted by Gasteiger charge is -2.37. The van der Waals surface area contributed by atoms with E-state index in [1.807, 2.05) is 11.9 Å². The molecule has 0 aromatic carbocycles. The lowest BCUT2D eigenvalue weighted by Crippen LogP contribution is -2.48. The predicted molar refractivity (Wildman–Crippen MR) is 69.5 cm³/mol. The smallest absolute Gasteiger partial charge is 0.229 e. The maximum Gasteiger partial charge on any atom is 0.229 e. The minimum absolute atomic E-state index is 0.231. The van der Waals surface area contributed by atoms with Crippen molar-refractivity contribution in [3.05, 3.63) is 0 Å². The van der Waals surface area contributed by atoms with E-state index in [0.717, 1.165) is 44.1 Å².